The summed E-state index contributed by atoms with van der Waals surface area (Å²) < 4.78 is 6.12. The summed E-state index contributed by atoms with van der Waals surface area (Å²) in [6.07, 6.45) is 0. The van der Waals surface area contributed by atoms with Gasteiger partial charge in [-0.2, -0.15) is 0 Å². The Labute approximate surface area is 145 Å². The van der Waals surface area contributed by atoms with E-state index in [1.54, 1.807) is 19.2 Å². The second-order valence-corrected chi connectivity index (χ2v) is 6.50. The highest BCUT2D eigenvalue weighted by Crippen LogP contribution is 2.28. The highest BCUT2D eigenvalue weighted by atomic mass is 79.9. The number of amides is 1. The Morgan fingerprint density at radius 3 is 2.70 bits per heavy atom. The molecule has 0 aliphatic heterocycles. The molecule has 1 aromatic heterocycles. The second kappa shape index (κ2) is 6.89. The fraction of sp³-hybridized carbons (Fsp3) is 0.0625. The van der Waals surface area contributed by atoms with Gasteiger partial charge in [-0.3, -0.25) is 10.1 Å². The van der Waals surface area contributed by atoms with Crippen molar-refractivity contribution in [2.45, 2.75) is 0 Å². The van der Waals surface area contributed by atoms with Crippen LogP contribution < -0.4 is 10.1 Å². The van der Waals surface area contributed by atoms with Crippen molar-refractivity contribution < 1.29 is 9.53 Å². The number of halogens is 1. The number of anilines is 1. The zero-order valence-corrected chi connectivity index (χ0v) is 14.5. The fourth-order valence-corrected chi connectivity index (χ4v) is 2.92. The molecule has 1 heterocycles. The zero-order valence-electron chi connectivity index (χ0n) is 12.1. The molecule has 0 bridgehead atoms. The third kappa shape index (κ3) is 3.75. The first-order valence-corrected chi connectivity index (χ1v) is 8.31. The molecule has 0 radical (unpaired) electrons. The van der Waals surface area contributed by atoms with E-state index in [0.29, 0.717) is 10.7 Å². The van der Waals surface area contributed by atoms with Crippen molar-refractivity contribution in [3.8, 4) is 16.3 Å². The van der Waals surface area contributed by atoms with Crippen LogP contribution in [0.2, 0.25) is 0 Å². The van der Waals surface area contributed by atoms with Crippen molar-refractivity contribution in [2.24, 2.45) is 0 Å². The number of aromatic nitrogens is 2. The minimum Gasteiger partial charge on any atom is -0.497 e. The van der Waals surface area contributed by atoms with E-state index in [1.165, 1.54) is 11.3 Å². The Kier molecular flexibility index (Phi) is 4.68. The third-order valence-corrected chi connectivity index (χ3v) is 4.48. The van der Waals surface area contributed by atoms with Crippen LogP contribution in [0.4, 0.5) is 5.13 Å². The quantitative estimate of drug-likeness (QED) is 0.724. The van der Waals surface area contributed by atoms with E-state index in [9.17, 15) is 4.79 Å². The van der Waals surface area contributed by atoms with Crippen LogP contribution in [0.15, 0.2) is 53.0 Å². The molecule has 0 saturated carbocycles. The molecule has 0 spiro atoms. The molecular weight excluding hydrogens is 378 g/mol. The highest BCUT2D eigenvalue weighted by molar-refractivity contribution is 9.10. The summed E-state index contributed by atoms with van der Waals surface area (Å²) in [6, 6.07) is 14.7. The van der Waals surface area contributed by atoms with Gasteiger partial charge in [-0.25, -0.2) is 0 Å². The first kappa shape index (κ1) is 15.6. The van der Waals surface area contributed by atoms with E-state index in [2.05, 4.69) is 31.4 Å². The molecule has 3 rings (SSSR count). The predicted molar refractivity (Wildman–Crippen MR) is 94.0 cm³/mol. The van der Waals surface area contributed by atoms with Gasteiger partial charge < -0.3 is 4.74 Å². The topological polar surface area (TPSA) is 64.1 Å². The normalized spacial score (nSPS) is 10.3. The molecule has 23 heavy (non-hydrogen) atoms. The van der Waals surface area contributed by atoms with E-state index in [0.717, 1.165) is 20.8 Å². The van der Waals surface area contributed by atoms with Gasteiger partial charge >= 0.3 is 0 Å². The minimum absolute atomic E-state index is 0.217. The van der Waals surface area contributed by atoms with Gasteiger partial charge in [0.05, 0.1) is 7.11 Å². The lowest BCUT2D eigenvalue weighted by atomic mass is 10.2. The number of benzene rings is 2. The summed E-state index contributed by atoms with van der Waals surface area (Å²) in [4.78, 5) is 12.2. The summed E-state index contributed by atoms with van der Waals surface area (Å²) in [7, 11) is 1.61. The minimum atomic E-state index is -0.217. The molecule has 1 amide bonds. The number of methoxy groups -OCH3 is 1. The first-order chi connectivity index (χ1) is 11.2. The Hall–Kier alpha value is -2.25. The molecule has 0 unspecified atom stereocenters. The maximum atomic E-state index is 12.2. The van der Waals surface area contributed by atoms with Gasteiger partial charge in [-0.15, -0.1) is 10.2 Å². The zero-order chi connectivity index (χ0) is 16.2. The van der Waals surface area contributed by atoms with Gasteiger partial charge in [0.1, 0.15) is 10.8 Å². The number of hydrogen-bond donors (Lipinski definition) is 1. The number of rotatable bonds is 4. The molecule has 0 aliphatic carbocycles. The van der Waals surface area contributed by atoms with E-state index >= 15 is 0 Å². The monoisotopic (exact) mass is 389 g/mol. The van der Waals surface area contributed by atoms with Crippen LogP contribution in [0.3, 0.4) is 0 Å². The fourth-order valence-electron chi connectivity index (χ4n) is 1.92. The van der Waals surface area contributed by atoms with Crippen LogP contribution in [0, 0.1) is 0 Å². The maximum absolute atomic E-state index is 12.2. The molecule has 0 aliphatic rings. The Bertz CT molecular complexity index is 833. The number of ether oxygens (including phenoxy) is 1. The molecule has 1 N–H and O–H groups in total. The van der Waals surface area contributed by atoms with Crippen molar-refractivity contribution >= 4 is 38.3 Å². The number of nitrogens with one attached hydrogen (secondary N) is 1. The summed E-state index contributed by atoms with van der Waals surface area (Å²) >= 11 is 4.65. The third-order valence-electron chi connectivity index (χ3n) is 3.07. The molecular formula is C16H12BrN3O2S. The lowest BCUT2D eigenvalue weighted by molar-refractivity contribution is 0.102. The summed E-state index contributed by atoms with van der Waals surface area (Å²) in [5.41, 5.74) is 1.46. The van der Waals surface area contributed by atoms with E-state index in [-0.39, 0.29) is 5.91 Å². The van der Waals surface area contributed by atoms with Crippen molar-refractivity contribution in [1.29, 1.82) is 0 Å². The smallest absolute Gasteiger partial charge is 0.257 e. The van der Waals surface area contributed by atoms with Gasteiger partial charge in [-0.1, -0.05) is 39.4 Å². The van der Waals surface area contributed by atoms with Crippen molar-refractivity contribution in [3.63, 3.8) is 0 Å². The Morgan fingerprint density at radius 2 is 1.96 bits per heavy atom. The lowest BCUT2D eigenvalue weighted by Gasteiger charge is -2.01. The van der Waals surface area contributed by atoms with Crippen molar-refractivity contribution in [2.75, 3.05) is 12.4 Å². The van der Waals surface area contributed by atoms with Crippen LogP contribution in [0.25, 0.3) is 10.6 Å². The molecule has 116 valence electrons. The van der Waals surface area contributed by atoms with E-state index < -0.39 is 0 Å². The van der Waals surface area contributed by atoms with Crippen molar-refractivity contribution in [3.05, 3.63) is 58.6 Å². The largest absolute Gasteiger partial charge is 0.497 e. The molecule has 0 fully saturated rings. The molecule has 7 heteroatoms. The van der Waals surface area contributed by atoms with Crippen LogP contribution in [-0.4, -0.2) is 23.2 Å². The van der Waals surface area contributed by atoms with Crippen LogP contribution in [-0.2, 0) is 0 Å². The molecule has 0 saturated heterocycles. The van der Waals surface area contributed by atoms with Gasteiger partial charge in [0.25, 0.3) is 5.91 Å². The van der Waals surface area contributed by atoms with Gasteiger partial charge in [0.15, 0.2) is 0 Å². The average molecular weight is 390 g/mol. The number of hydrogen-bond acceptors (Lipinski definition) is 5. The average Bonchev–Trinajstić information content (AvgIpc) is 3.04. The molecule has 5 nitrogen and oxygen atoms in total. The molecule has 3 aromatic rings. The molecule has 0 atom stereocenters. The Morgan fingerprint density at radius 1 is 1.17 bits per heavy atom. The van der Waals surface area contributed by atoms with Crippen LogP contribution >= 0.6 is 27.3 Å². The standard InChI is InChI=1S/C16H12BrN3O2S/c1-22-13-4-2-3-11(9-13)15-19-20-16(23-15)18-14(21)10-5-7-12(17)8-6-10/h2-9H,1H3,(H,18,20,21). The van der Waals surface area contributed by atoms with Crippen molar-refractivity contribution in [1.82, 2.24) is 10.2 Å². The lowest BCUT2D eigenvalue weighted by Crippen LogP contribution is -2.11. The highest BCUT2D eigenvalue weighted by Gasteiger charge is 2.11. The predicted octanol–water partition coefficient (Wildman–Crippen LogP) is 4.23. The van der Waals surface area contributed by atoms with E-state index in [4.69, 9.17) is 4.74 Å². The van der Waals surface area contributed by atoms with Crippen LogP contribution in [0.1, 0.15) is 10.4 Å². The summed E-state index contributed by atoms with van der Waals surface area (Å²) in [5.74, 6) is 0.531. The SMILES string of the molecule is COc1cccc(-c2nnc(NC(=O)c3ccc(Br)cc3)s2)c1. The van der Waals surface area contributed by atoms with Gasteiger partial charge in [0, 0.05) is 15.6 Å². The number of carbonyl (C=O) groups excluding carboxylic acids is 1. The number of nitrogens with zero attached hydrogens (tertiary/aromatic N) is 2. The number of carbonyl (C=O) groups is 1. The maximum Gasteiger partial charge on any atom is 0.257 e. The van der Waals surface area contributed by atoms with Gasteiger partial charge in [-0.05, 0) is 36.4 Å². The summed E-state index contributed by atoms with van der Waals surface area (Å²) in [6.45, 7) is 0. The molecule has 2 aromatic carbocycles. The van der Waals surface area contributed by atoms with E-state index in [1.807, 2.05) is 36.4 Å². The summed E-state index contributed by atoms with van der Waals surface area (Å²) in [5, 5.41) is 12.1. The first-order valence-electron chi connectivity index (χ1n) is 6.70. The van der Waals surface area contributed by atoms with Gasteiger partial charge in [0.2, 0.25) is 5.13 Å². The van der Waals surface area contributed by atoms with Crippen LogP contribution in [0.5, 0.6) is 5.75 Å². The second-order valence-electron chi connectivity index (χ2n) is 4.61. The Balaban J connectivity index is 1.76.